The van der Waals surface area contributed by atoms with Crippen LogP contribution in [0, 0.1) is 6.57 Å². The van der Waals surface area contributed by atoms with Gasteiger partial charge in [-0.25, -0.2) is 6.57 Å². The molecule has 0 saturated carbocycles. The molecule has 0 aliphatic carbocycles. The minimum absolute atomic E-state index is 0.384. The molecule has 0 fully saturated rings. The molecule has 2 N–H and O–H groups in total. The van der Waals surface area contributed by atoms with E-state index in [-0.39, 0.29) is 0 Å². The van der Waals surface area contributed by atoms with Gasteiger partial charge >= 0.3 is 0 Å². The first-order valence-electron chi connectivity index (χ1n) is 2.38. The van der Waals surface area contributed by atoms with E-state index >= 15 is 0 Å². The van der Waals surface area contributed by atoms with Gasteiger partial charge in [-0.05, 0) is 11.8 Å². The minimum Gasteiger partial charge on any atom is -0.374 e. The quantitative estimate of drug-likeness (QED) is 0.536. The highest BCUT2D eigenvalue weighted by Gasteiger charge is 2.01. The van der Waals surface area contributed by atoms with Crippen LogP contribution >= 0.6 is 23.1 Å². The number of rotatable bonds is 2. The van der Waals surface area contributed by atoms with Gasteiger partial charge in [-0.2, -0.15) is 0 Å². The van der Waals surface area contributed by atoms with Crippen LogP contribution in [0.1, 0.15) is 0 Å². The zero-order valence-electron chi connectivity index (χ0n) is 4.94. The van der Waals surface area contributed by atoms with Crippen LogP contribution in [0.5, 0.6) is 0 Å². The van der Waals surface area contributed by atoms with Crippen LogP contribution in [-0.4, -0.2) is 16.1 Å². The van der Waals surface area contributed by atoms with E-state index in [0.717, 1.165) is 4.34 Å². The molecular weight excluding hydrogens is 168 g/mol. The molecule has 1 aromatic rings. The molecule has 1 aromatic heterocycles. The maximum absolute atomic E-state index is 6.49. The highest BCUT2D eigenvalue weighted by molar-refractivity contribution is 8.01. The third-order valence-corrected chi connectivity index (χ3v) is 2.41. The van der Waals surface area contributed by atoms with E-state index in [0.29, 0.717) is 11.0 Å². The molecule has 0 unspecified atom stereocenters. The van der Waals surface area contributed by atoms with Gasteiger partial charge in [0.05, 0.1) is 0 Å². The summed E-state index contributed by atoms with van der Waals surface area (Å²) in [6.45, 7) is 6.49. The second kappa shape index (κ2) is 3.39. The Bertz CT molecular complexity index is 250. The topological polar surface area (TPSA) is 56.2 Å². The first kappa shape index (κ1) is 7.31. The van der Waals surface area contributed by atoms with E-state index in [4.69, 9.17) is 12.3 Å². The summed E-state index contributed by atoms with van der Waals surface area (Å²) in [6.07, 6.45) is 0. The summed E-state index contributed by atoms with van der Waals surface area (Å²) in [5, 5.41) is 7.76. The smallest absolute Gasteiger partial charge is 0.266 e. The van der Waals surface area contributed by atoms with Crippen LogP contribution in [0.4, 0.5) is 5.13 Å². The van der Waals surface area contributed by atoms with E-state index in [1.54, 1.807) is 0 Å². The van der Waals surface area contributed by atoms with E-state index in [2.05, 4.69) is 15.0 Å². The Morgan fingerprint density at radius 2 is 2.50 bits per heavy atom. The maximum atomic E-state index is 6.49. The molecule has 0 aromatic carbocycles. The Hall–Kier alpha value is -0.800. The predicted molar refractivity (Wildman–Crippen MR) is 41.6 cm³/mol. The van der Waals surface area contributed by atoms with Crippen molar-refractivity contribution in [2.24, 2.45) is 0 Å². The summed E-state index contributed by atoms with van der Waals surface area (Å²) in [6, 6.07) is 0. The van der Waals surface area contributed by atoms with Crippen LogP contribution in [0.15, 0.2) is 4.34 Å². The Labute approximate surface area is 66.3 Å². The highest BCUT2D eigenvalue weighted by Crippen LogP contribution is 2.22. The minimum atomic E-state index is 0.384. The lowest BCUT2D eigenvalue weighted by atomic mass is 11.3. The zero-order chi connectivity index (χ0) is 7.40. The lowest BCUT2D eigenvalue weighted by Crippen LogP contribution is -1.79. The molecule has 6 heteroatoms. The molecular formula is C4H4N4S2. The van der Waals surface area contributed by atoms with E-state index in [9.17, 15) is 0 Å². The summed E-state index contributed by atoms with van der Waals surface area (Å²) >= 11 is 2.65. The first-order chi connectivity index (χ1) is 4.83. The molecule has 0 atom stereocenters. The number of nitrogens with two attached hydrogens (primary N) is 1. The van der Waals surface area contributed by atoms with E-state index in [1.807, 2.05) is 0 Å². The third-order valence-electron chi connectivity index (χ3n) is 0.675. The Balaban J connectivity index is 2.52. The van der Waals surface area contributed by atoms with Gasteiger partial charge in [-0.1, -0.05) is 11.3 Å². The normalized spacial score (nSPS) is 9.10. The summed E-state index contributed by atoms with van der Waals surface area (Å²) < 4.78 is 0.758. The second-order valence-electron chi connectivity index (χ2n) is 1.34. The molecule has 1 rings (SSSR count). The molecule has 0 aliphatic heterocycles. The SMILES string of the molecule is [C-]#[N+]CSc1nnc(N)s1. The van der Waals surface area contributed by atoms with Crippen molar-refractivity contribution in [3.8, 4) is 0 Å². The van der Waals surface area contributed by atoms with Gasteiger partial charge in [-0.15, -0.1) is 10.2 Å². The summed E-state index contributed by atoms with van der Waals surface area (Å²) in [4.78, 5) is 3.15. The molecule has 0 spiro atoms. The van der Waals surface area contributed by atoms with Crippen LogP contribution in [0.3, 0.4) is 0 Å². The Morgan fingerprint density at radius 1 is 1.70 bits per heavy atom. The van der Waals surface area contributed by atoms with Crippen molar-refractivity contribution in [1.82, 2.24) is 10.2 Å². The monoisotopic (exact) mass is 172 g/mol. The molecule has 0 saturated heterocycles. The van der Waals surface area contributed by atoms with Crippen LogP contribution in [0.2, 0.25) is 0 Å². The van der Waals surface area contributed by atoms with Crippen molar-refractivity contribution in [2.45, 2.75) is 4.34 Å². The number of hydrogen-bond donors (Lipinski definition) is 1. The van der Waals surface area contributed by atoms with Crippen molar-refractivity contribution in [3.63, 3.8) is 0 Å². The number of nitrogens with zero attached hydrogens (tertiary/aromatic N) is 3. The maximum Gasteiger partial charge on any atom is 0.266 e. The average molecular weight is 172 g/mol. The largest absolute Gasteiger partial charge is 0.374 e. The van der Waals surface area contributed by atoms with Gasteiger partial charge in [0, 0.05) is 0 Å². The lowest BCUT2D eigenvalue weighted by Gasteiger charge is -1.79. The van der Waals surface area contributed by atoms with E-state index < -0.39 is 0 Å². The highest BCUT2D eigenvalue weighted by atomic mass is 32.2. The number of hydrogen-bond acceptors (Lipinski definition) is 5. The fourth-order valence-electron chi connectivity index (χ4n) is 0.366. The van der Waals surface area contributed by atoms with Crippen LogP contribution in [0.25, 0.3) is 4.85 Å². The second-order valence-corrected chi connectivity index (χ2v) is 3.54. The average Bonchev–Trinajstić information content (AvgIpc) is 2.31. The molecule has 4 nitrogen and oxygen atoms in total. The van der Waals surface area contributed by atoms with Gasteiger partial charge in [0.25, 0.3) is 5.88 Å². The fourth-order valence-corrected chi connectivity index (χ4v) is 1.63. The Kier molecular flexibility index (Phi) is 2.48. The van der Waals surface area contributed by atoms with Gasteiger partial charge in [-0.3, -0.25) is 0 Å². The first-order valence-corrected chi connectivity index (χ1v) is 4.18. The van der Waals surface area contributed by atoms with Gasteiger partial charge < -0.3 is 10.6 Å². The summed E-state index contributed by atoms with van der Waals surface area (Å²) in [7, 11) is 0. The van der Waals surface area contributed by atoms with Crippen LogP contribution in [-0.2, 0) is 0 Å². The number of nitrogen functional groups attached to an aromatic ring is 1. The molecule has 0 aliphatic rings. The van der Waals surface area contributed by atoms with Crippen molar-refractivity contribution in [3.05, 3.63) is 11.4 Å². The lowest BCUT2D eigenvalue weighted by molar-refractivity contribution is 1.02. The van der Waals surface area contributed by atoms with Crippen molar-refractivity contribution < 1.29 is 0 Å². The Morgan fingerprint density at radius 3 is 3.00 bits per heavy atom. The fraction of sp³-hybridized carbons (Fsp3) is 0.250. The van der Waals surface area contributed by atoms with Crippen molar-refractivity contribution in [2.75, 3.05) is 11.6 Å². The van der Waals surface area contributed by atoms with Gasteiger partial charge in [0.2, 0.25) is 5.13 Å². The van der Waals surface area contributed by atoms with Crippen LogP contribution < -0.4 is 5.73 Å². The summed E-state index contributed by atoms with van der Waals surface area (Å²) in [5.41, 5.74) is 5.30. The van der Waals surface area contributed by atoms with Crippen molar-refractivity contribution in [1.29, 1.82) is 0 Å². The van der Waals surface area contributed by atoms with Gasteiger partial charge in [0.1, 0.15) is 0 Å². The molecule has 10 heavy (non-hydrogen) atoms. The molecule has 0 radical (unpaired) electrons. The number of thioether (sulfide) groups is 1. The van der Waals surface area contributed by atoms with E-state index in [1.165, 1.54) is 23.1 Å². The molecule has 0 amide bonds. The number of anilines is 1. The number of aromatic nitrogens is 2. The zero-order valence-corrected chi connectivity index (χ0v) is 6.58. The summed E-state index contributed by atoms with van der Waals surface area (Å²) in [5.74, 6) is 0.384. The molecule has 1 heterocycles. The van der Waals surface area contributed by atoms with Crippen molar-refractivity contribution >= 4 is 28.2 Å². The van der Waals surface area contributed by atoms with Gasteiger partial charge in [0.15, 0.2) is 4.34 Å². The third kappa shape index (κ3) is 1.86. The standard InChI is InChI=1S/C4H4N4S2/c1-6-2-9-4-8-7-3(5)10-4/h2H2,(H2,5,7). The molecule has 52 valence electrons. The molecule has 0 bridgehead atoms. The predicted octanol–water partition coefficient (Wildman–Crippen LogP) is 1.09.